The Balaban J connectivity index is 1.12. The van der Waals surface area contributed by atoms with E-state index in [2.05, 4.69) is 45.6 Å². The number of benzene rings is 2. The number of aromatic nitrogens is 4. The van der Waals surface area contributed by atoms with Gasteiger partial charge in [0, 0.05) is 18.9 Å². The minimum Gasteiger partial charge on any atom is -0.496 e. The number of hydrogen-bond acceptors (Lipinski definition) is 11. The molecule has 0 unspecified atom stereocenters. The zero-order valence-electron chi connectivity index (χ0n) is 20.7. The topological polar surface area (TPSA) is 91.3 Å². The van der Waals surface area contributed by atoms with Gasteiger partial charge in [0.1, 0.15) is 27.3 Å². The molecule has 0 atom stereocenters. The molecule has 0 spiro atoms. The Hall–Kier alpha value is -2.89. The molecule has 0 saturated carbocycles. The summed E-state index contributed by atoms with van der Waals surface area (Å²) in [6.45, 7) is 6.47. The van der Waals surface area contributed by atoms with Gasteiger partial charge in [0.15, 0.2) is 6.73 Å². The molecule has 0 aliphatic heterocycles. The standard InChI is InChI=1S/C25H29N5O3S3/c1-16-5-8-20(13-18(16)3)33-25-30-28-23(36-25)10-12-34-11-9-22-27-29-24(35-22)26-15-32-19-7-6-17(2)21(14-19)31-4/h5-8,13-14H,9-12,15H2,1-4H3,(H,26,29). The average Bonchev–Trinajstić information content (AvgIpc) is 3.51. The quantitative estimate of drug-likeness (QED) is 0.159. The van der Waals surface area contributed by atoms with Crippen molar-refractivity contribution in [2.24, 2.45) is 0 Å². The summed E-state index contributed by atoms with van der Waals surface area (Å²) in [6.07, 6.45) is 1.74. The van der Waals surface area contributed by atoms with Crippen molar-refractivity contribution in [3.8, 4) is 22.4 Å². The molecule has 36 heavy (non-hydrogen) atoms. The predicted octanol–water partition coefficient (Wildman–Crippen LogP) is 6.08. The first-order valence-corrected chi connectivity index (χ1v) is 14.3. The second-order valence-corrected chi connectivity index (χ2v) is 11.3. The molecule has 0 bridgehead atoms. The van der Waals surface area contributed by atoms with Gasteiger partial charge in [-0.25, -0.2) is 0 Å². The lowest BCUT2D eigenvalue weighted by atomic mass is 10.1. The van der Waals surface area contributed by atoms with Crippen molar-refractivity contribution in [1.29, 1.82) is 0 Å². The number of methoxy groups -OCH3 is 1. The fourth-order valence-electron chi connectivity index (χ4n) is 3.18. The highest BCUT2D eigenvalue weighted by molar-refractivity contribution is 7.99. The van der Waals surface area contributed by atoms with Crippen LogP contribution in [0.1, 0.15) is 26.7 Å². The fourth-order valence-corrected chi connectivity index (χ4v) is 5.74. The smallest absolute Gasteiger partial charge is 0.299 e. The summed E-state index contributed by atoms with van der Waals surface area (Å²) >= 11 is 4.92. The summed E-state index contributed by atoms with van der Waals surface area (Å²) in [5.74, 6) is 4.28. The summed E-state index contributed by atoms with van der Waals surface area (Å²) in [5, 5.41) is 23.4. The largest absolute Gasteiger partial charge is 0.496 e. The van der Waals surface area contributed by atoms with Crippen LogP contribution in [0, 0.1) is 20.8 Å². The van der Waals surface area contributed by atoms with Gasteiger partial charge in [-0.2, -0.15) is 11.8 Å². The lowest BCUT2D eigenvalue weighted by Gasteiger charge is -2.09. The number of aryl methyl sites for hydroxylation is 5. The first-order chi connectivity index (χ1) is 17.5. The van der Waals surface area contributed by atoms with Gasteiger partial charge in [0.05, 0.1) is 7.11 Å². The number of anilines is 1. The lowest BCUT2D eigenvalue weighted by Crippen LogP contribution is -2.08. The van der Waals surface area contributed by atoms with Crippen LogP contribution in [0.25, 0.3) is 0 Å². The van der Waals surface area contributed by atoms with Gasteiger partial charge >= 0.3 is 0 Å². The first kappa shape index (κ1) is 26.2. The van der Waals surface area contributed by atoms with Gasteiger partial charge in [0.2, 0.25) is 5.13 Å². The van der Waals surface area contributed by atoms with E-state index in [0.717, 1.165) is 62.3 Å². The van der Waals surface area contributed by atoms with Gasteiger partial charge in [-0.3, -0.25) is 0 Å². The Morgan fingerprint density at radius 3 is 2.31 bits per heavy atom. The second-order valence-electron chi connectivity index (χ2n) is 8.02. The number of thioether (sulfide) groups is 1. The van der Waals surface area contributed by atoms with Gasteiger partial charge in [0.25, 0.3) is 5.19 Å². The molecular weight excluding hydrogens is 515 g/mol. The summed E-state index contributed by atoms with van der Waals surface area (Å²) in [7, 11) is 1.65. The average molecular weight is 544 g/mol. The highest BCUT2D eigenvalue weighted by Gasteiger charge is 2.09. The van der Waals surface area contributed by atoms with E-state index >= 15 is 0 Å². The van der Waals surface area contributed by atoms with Gasteiger partial charge < -0.3 is 19.5 Å². The van der Waals surface area contributed by atoms with Crippen molar-refractivity contribution in [2.75, 3.05) is 30.7 Å². The zero-order chi connectivity index (χ0) is 25.3. The van der Waals surface area contributed by atoms with E-state index < -0.39 is 0 Å². The van der Waals surface area contributed by atoms with Crippen LogP contribution >= 0.6 is 34.4 Å². The molecule has 1 N–H and O–H groups in total. The molecule has 0 saturated heterocycles. The van der Waals surface area contributed by atoms with Crippen molar-refractivity contribution < 1.29 is 14.2 Å². The molecule has 190 valence electrons. The van der Waals surface area contributed by atoms with Crippen LogP contribution in [0.15, 0.2) is 36.4 Å². The van der Waals surface area contributed by atoms with Gasteiger partial charge in [-0.15, -0.1) is 15.3 Å². The molecule has 0 aliphatic carbocycles. The van der Waals surface area contributed by atoms with Crippen molar-refractivity contribution in [2.45, 2.75) is 33.6 Å². The van der Waals surface area contributed by atoms with E-state index in [-0.39, 0.29) is 0 Å². The SMILES string of the molecule is COc1cc(OCNc2nnc(CCSCCc3nnc(Oc4ccc(C)c(C)c4)s3)s2)ccc1C. The van der Waals surface area contributed by atoms with Crippen molar-refractivity contribution >= 4 is 39.6 Å². The summed E-state index contributed by atoms with van der Waals surface area (Å²) in [6, 6.07) is 11.8. The van der Waals surface area contributed by atoms with E-state index in [1.54, 1.807) is 18.4 Å². The van der Waals surface area contributed by atoms with Crippen LogP contribution in [0.2, 0.25) is 0 Å². The summed E-state index contributed by atoms with van der Waals surface area (Å²) in [5.41, 5.74) is 3.51. The zero-order valence-corrected chi connectivity index (χ0v) is 23.2. The Labute approximate surface area is 223 Å². The molecule has 8 nitrogen and oxygen atoms in total. The minimum atomic E-state index is 0.312. The second kappa shape index (κ2) is 12.9. The predicted molar refractivity (Wildman–Crippen MR) is 147 cm³/mol. The molecular formula is C25H29N5O3S3. The van der Waals surface area contributed by atoms with Crippen molar-refractivity contribution in [3.63, 3.8) is 0 Å². The Morgan fingerprint density at radius 1 is 0.806 bits per heavy atom. The molecule has 0 aliphatic rings. The number of nitrogens with zero attached hydrogens (tertiary/aromatic N) is 4. The monoisotopic (exact) mass is 543 g/mol. The maximum Gasteiger partial charge on any atom is 0.299 e. The van der Waals surface area contributed by atoms with Gasteiger partial charge in [-0.05, 0) is 67.2 Å². The molecule has 2 aromatic heterocycles. The van der Waals surface area contributed by atoms with Crippen LogP contribution in [0.4, 0.5) is 5.13 Å². The molecule has 0 fully saturated rings. The lowest BCUT2D eigenvalue weighted by molar-refractivity contribution is 0.341. The highest BCUT2D eigenvalue weighted by atomic mass is 32.2. The number of rotatable bonds is 13. The first-order valence-electron chi connectivity index (χ1n) is 11.5. The third kappa shape index (κ3) is 7.55. The van der Waals surface area contributed by atoms with Gasteiger partial charge in [-0.1, -0.05) is 39.9 Å². The molecule has 0 radical (unpaired) electrons. The van der Waals surface area contributed by atoms with Crippen LogP contribution < -0.4 is 19.5 Å². The Morgan fingerprint density at radius 2 is 1.53 bits per heavy atom. The normalized spacial score (nSPS) is 10.9. The number of nitrogens with one attached hydrogen (secondary N) is 1. The molecule has 4 aromatic rings. The molecule has 4 rings (SSSR count). The highest BCUT2D eigenvalue weighted by Crippen LogP contribution is 2.27. The fraction of sp³-hybridized carbons (Fsp3) is 0.360. The van der Waals surface area contributed by atoms with E-state index in [1.165, 1.54) is 22.5 Å². The Kier molecular flexibility index (Phi) is 9.37. The number of hydrogen-bond donors (Lipinski definition) is 1. The van der Waals surface area contributed by atoms with Crippen LogP contribution in [-0.4, -0.2) is 45.7 Å². The van der Waals surface area contributed by atoms with E-state index in [0.29, 0.717) is 11.9 Å². The van der Waals surface area contributed by atoms with E-state index in [1.807, 2.05) is 49.0 Å². The molecule has 11 heteroatoms. The summed E-state index contributed by atoms with van der Waals surface area (Å²) in [4.78, 5) is 0. The van der Waals surface area contributed by atoms with Crippen LogP contribution in [0.3, 0.4) is 0 Å². The van der Waals surface area contributed by atoms with Crippen molar-refractivity contribution in [3.05, 3.63) is 63.1 Å². The van der Waals surface area contributed by atoms with Crippen LogP contribution in [0.5, 0.6) is 22.4 Å². The maximum atomic E-state index is 5.85. The van der Waals surface area contributed by atoms with E-state index in [9.17, 15) is 0 Å². The van der Waals surface area contributed by atoms with Crippen molar-refractivity contribution in [1.82, 2.24) is 20.4 Å². The maximum absolute atomic E-state index is 5.85. The third-order valence-corrected chi connectivity index (χ3v) is 8.15. The molecule has 2 aromatic carbocycles. The molecule has 0 amide bonds. The van der Waals surface area contributed by atoms with E-state index in [4.69, 9.17) is 14.2 Å². The minimum absolute atomic E-state index is 0.312. The Bertz CT molecular complexity index is 1280. The molecule has 2 heterocycles. The number of ether oxygens (including phenoxy) is 3. The third-order valence-electron chi connectivity index (χ3n) is 5.36. The summed E-state index contributed by atoms with van der Waals surface area (Å²) < 4.78 is 16.9. The van der Waals surface area contributed by atoms with Crippen LogP contribution in [-0.2, 0) is 12.8 Å².